The third-order valence-electron chi connectivity index (χ3n) is 13.1. The molecule has 4 heterocycles. The molecule has 0 atom stereocenters. The molecule has 2 aliphatic heterocycles. The Morgan fingerprint density at radius 3 is 1.15 bits per heavy atom. The zero-order valence-electron chi connectivity index (χ0n) is 32.7. The van der Waals surface area contributed by atoms with Gasteiger partial charge in [-0.3, -0.25) is 9.97 Å². The van der Waals surface area contributed by atoms with Crippen LogP contribution in [0.3, 0.4) is 0 Å². The molecule has 55 heavy (non-hydrogen) atoms. The fourth-order valence-corrected chi connectivity index (χ4v) is 8.66. The Morgan fingerprint density at radius 1 is 0.400 bits per heavy atom. The molecule has 6 heteroatoms. The van der Waals surface area contributed by atoms with Crippen LogP contribution in [0.2, 0.25) is 0 Å². The highest BCUT2D eigenvalue weighted by Crippen LogP contribution is 2.63. The third kappa shape index (κ3) is 4.67. The van der Waals surface area contributed by atoms with E-state index in [1.54, 1.807) is 0 Å². The highest BCUT2D eigenvalue weighted by molar-refractivity contribution is 5.98. The lowest BCUT2D eigenvalue weighted by molar-refractivity contribution is 0.0616. The van der Waals surface area contributed by atoms with Crippen molar-refractivity contribution in [2.24, 2.45) is 9.98 Å². The largest absolute Gasteiger partial charge is 0.468 e. The van der Waals surface area contributed by atoms with Gasteiger partial charge in [0.25, 0.3) is 0 Å². The number of rotatable bonds is 4. The summed E-state index contributed by atoms with van der Waals surface area (Å²) in [6.45, 7) is 16.7. The first-order valence-corrected chi connectivity index (χ1v) is 19.2. The Kier molecular flexibility index (Phi) is 6.79. The molecule has 0 N–H and O–H groups in total. The molecular formula is C49H44N4O2. The van der Waals surface area contributed by atoms with Gasteiger partial charge >= 0.3 is 0 Å². The molecule has 0 radical (unpaired) electrons. The molecule has 272 valence electrons. The first-order chi connectivity index (χ1) is 26.2. The molecule has 2 aromatic heterocycles. The van der Waals surface area contributed by atoms with E-state index in [2.05, 4.69) is 152 Å². The van der Waals surface area contributed by atoms with Crippen LogP contribution < -0.4 is 0 Å². The fourth-order valence-electron chi connectivity index (χ4n) is 8.66. The monoisotopic (exact) mass is 720 g/mol. The summed E-state index contributed by atoms with van der Waals surface area (Å²) in [6.07, 6.45) is 3.90. The minimum Gasteiger partial charge on any atom is -0.468 e. The van der Waals surface area contributed by atoms with Gasteiger partial charge in [-0.1, -0.05) is 84.9 Å². The molecule has 0 unspecified atom stereocenters. The first kappa shape index (κ1) is 33.7. The van der Waals surface area contributed by atoms with Crippen LogP contribution in [0.5, 0.6) is 0 Å². The van der Waals surface area contributed by atoms with Crippen LogP contribution in [0.15, 0.2) is 132 Å². The minimum atomic E-state index is -0.502. The lowest BCUT2D eigenvalue weighted by Crippen LogP contribution is -2.41. The highest BCUT2D eigenvalue weighted by Gasteiger charge is 2.52. The van der Waals surface area contributed by atoms with Crippen LogP contribution in [0.4, 0.5) is 0 Å². The Bertz CT molecular complexity index is 2460. The van der Waals surface area contributed by atoms with Gasteiger partial charge in [0.05, 0.1) is 16.5 Å². The van der Waals surface area contributed by atoms with Crippen molar-refractivity contribution in [1.82, 2.24) is 9.97 Å². The maximum Gasteiger partial charge on any atom is 0.236 e. The number of hydrogen-bond acceptors (Lipinski definition) is 6. The predicted molar refractivity (Wildman–Crippen MR) is 221 cm³/mol. The van der Waals surface area contributed by atoms with Gasteiger partial charge in [0.1, 0.15) is 22.6 Å². The summed E-state index contributed by atoms with van der Waals surface area (Å²) in [4.78, 5) is 19.5. The van der Waals surface area contributed by atoms with E-state index in [-0.39, 0.29) is 11.1 Å². The van der Waals surface area contributed by atoms with Gasteiger partial charge in [0, 0.05) is 23.5 Å². The Morgan fingerprint density at radius 2 is 0.782 bits per heavy atom. The first-order valence-electron chi connectivity index (χ1n) is 19.2. The van der Waals surface area contributed by atoms with Crippen molar-refractivity contribution in [3.05, 3.63) is 155 Å². The molecule has 1 spiro atoms. The van der Waals surface area contributed by atoms with Gasteiger partial charge in [-0.05, 0) is 135 Å². The van der Waals surface area contributed by atoms with E-state index >= 15 is 0 Å². The second kappa shape index (κ2) is 11.1. The second-order valence-electron chi connectivity index (χ2n) is 17.4. The maximum atomic E-state index is 6.28. The van der Waals surface area contributed by atoms with Gasteiger partial charge < -0.3 is 9.47 Å². The zero-order valence-corrected chi connectivity index (χ0v) is 32.7. The quantitative estimate of drug-likeness (QED) is 0.181. The van der Waals surface area contributed by atoms with Crippen LogP contribution in [0, 0.1) is 0 Å². The number of pyridine rings is 2. The highest BCUT2D eigenvalue weighted by atomic mass is 16.5. The molecule has 0 saturated carbocycles. The third-order valence-corrected chi connectivity index (χ3v) is 13.1. The molecule has 0 saturated heterocycles. The Balaban J connectivity index is 1.10. The smallest absolute Gasteiger partial charge is 0.236 e. The molecule has 4 aliphatic rings. The van der Waals surface area contributed by atoms with Gasteiger partial charge in [0.15, 0.2) is 0 Å². The summed E-state index contributed by atoms with van der Waals surface area (Å²) >= 11 is 0. The lowest BCUT2D eigenvalue weighted by Gasteiger charge is -2.31. The van der Waals surface area contributed by atoms with Gasteiger partial charge in [-0.25, -0.2) is 9.98 Å². The molecule has 2 aliphatic carbocycles. The lowest BCUT2D eigenvalue weighted by atomic mass is 9.70. The normalized spacial score (nSPS) is 19.4. The number of ether oxygens (including phenoxy) is 2. The van der Waals surface area contributed by atoms with Gasteiger partial charge in [0.2, 0.25) is 11.8 Å². The van der Waals surface area contributed by atoms with Crippen LogP contribution in [-0.2, 0) is 14.9 Å². The molecule has 0 fully saturated rings. The van der Waals surface area contributed by atoms with E-state index < -0.39 is 16.6 Å². The van der Waals surface area contributed by atoms with E-state index in [9.17, 15) is 0 Å². The van der Waals surface area contributed by atoms with Gasteiger partial charge in [-0.2, -0.15) is 0 Å². The van der Waals surface area contributed by atoms with E-state index in [0.29, 0.717) is 11.8 Å². The van der Waals surface area contributed by atoms with Crippen LogP contribution in [-0.4, -0.2) is 44.0 Å². The van der Waals surface area contributed by atoms with E-state index in [0.717, 1.165) is 33.6 Å². The minimum absolute atomic E-state index is 0.339. The van der Waals surface area contributed by atoms with E-state index in [1.807, 2.05) is 24.5 Å². The van der Waals surface area contributed by atoms with Crippen molar-refractivity contribution in [3.8, 4) is 44.5 Å². The molecular weight excluding hydrogens is 677 g/mol. The number of nitrogens with zero attached hydrogens (tertiary/aromatic N) is 4. The predicted octanol–water partition coefficient (Wildman–Crippen LogP) is 10.8. The number of aliphatic imine (C=N–C) groups is 2. The van der Waals surface area contributed by atoms with E-state index in [4.69, 9.17) is 29.4 Å². The Hall–Kier alpha value is -5.88. The SMILES string of the molecule is CC1(C)N=C(c2ccc(-c3ccc4c(c3)C3(c5ccccc5-c5ccccc53)c3cc(-c5ccc(C6=NC(C)(C)C(C)(C)O6)nc5)ccc3-4)cn2)OC1(C)C. The van der Waals surface area contributed by atoms with Crippen LogP contribution in [0.1, 0.15) is 89.0 Å². The van der Waals surface area contributed by atoms with Crippen LogP contribution in [0.25, 0.3) is 44.5 Å². The van der Waals surface area contributed by atoms with Crippen molar-refractivity contribution < 1.29 is 9.47 Å². The molecule has 6 aromatic rings. The number of aromatic nitrogens is 2. The summed E-state index contributed by atoms with van der Waals surface area (Å²) in [5.74, 6) is 1.19. The summed E-state index contributed by atoms with van der Waals surface area (Å²) in [5, 5.41) is 0. The molecule has 4 aromatic carbocycles. The van der Waals surface area contributed by atoms with Gasteiger partial charge in [-0.15, -0.1) is 0 Å². The summed E-state index contributed by atoms with van der Waals surface area (Å²) in [6, 6.07) is 40.0. The zero-order chi connectivity index (χ0) is 38.1. The van der Waals surface area contributed by atoms with Crippen molar-refractivity contribution in [2.75, 3.05) is 0 Å². The van der Waals surface area contributed by atoms with Crippen molar-refractivity contribution in [3.63, 3.8) is 0 Å². The standard InChI is InChI=1S/C49H44N4O2/c1-45(2)47(5,6)54-43(52-45)41-23-19-31(27-50-41)29-17-21-35-36-22-18-30(32-20-24-42(51-28-32)44-53-46(3,4)48(7,8)55-44)26-40(36)49(39(35)25-29)37-15-11-9-13-33(37)34-14-10-12-16-38(34)49/h9-28H,1-8H3. The average molecular weight is 721 g/mol. The number of benzene rings is 4. The van der Waals surface area contributed by atoms with Crippen molar-refractivity contribution in [2.45, 2.75) is 83.1 Å². The average Bonchev–Trinajstić information content (AvgIpc) is 3.79. The van der Waals surface area contributed by atoms with Crippen molar-refractivity contribution in [1.29, 1.82) is 0 Å². The summed E-state index contributed by atoms with van der Waals surface area (Å²) < 4.78 is 12.6. The molecule has 6 nitrogen and oxygen atoms in total. The van der Waals surface area contributed by atoms with E-state index in [1.165, 1.54) is 44.5 Å². The Labute approximate surface area is 323 Å². The topological polar surface area (TPSA) is 69.0 Å². The fraction of sp³-hybridized carbons (Fsp3) is 0.265. The molecule has 0 bridgehead atoms. The molecule has 10 rings (SSSR count). The number of hydrogen-bond donors (Lipinski definition) is 0. The summed E-state index contributed by atoms with van der Waals surface area (Å²) in [5.41, 5.74) is 14.0. The van der Waals surface area contributed by atoms with Crippen molar-refractivity contribution >= 4 is 11.8 Å². The summed E-state index contributed by atoms with van der Waals surface area (Å²) in [7, 11) is 0. The molecule has 0 amide bonds. The second-order valence-corrected chi connectivity index (χ2v) is 17.4. The van der Waals surface area contributed by atoms with Crippen LogP contribution >= 0.6 is 0 Å². The maximum absolute atomic E-state index is 6.28. The number of fused-ring (bicyclic) bond motifs is 10.